The molecule has 8 heteroatoms. The van der Waals surface area contributed by atoms with Gasteiger partial charge in [0, 0.05) is 28.6 Å². The number of aryl methyl sites for hydroxylation is 1. The molecule has 0 saturated heterocycles. The van der Waals surface area contributed by atoms with E-state index in [0.717, 1.165) is 34.9 Å². The van der Waals surface area contributed by atoms with Gasteiger partial charge in [0.25, 0.3) is 5.56 Å². The number of benzene rings is 1. The van der Waals surface area contributed by atoms with Crippen LogP contribution in [0, 0.1) is 12.7 Å². The second kappa shape index (κ2) is 6.21. The van der Waals surface area contributed by atoms with Crippen LogP contribution in [0.4, 0.5) is 4.39 Å². The van der Waals surface area contributed by atoms with Crippen LogP contribution in [-0.2, 0) is 29.1 Å². The number of halogens is 1. The molecule has 4 heterocycles. The third-order valence-electron chi connectivity index (χ3n) is 7.00. The van der Waals surface area contributed by atoms with Gasteiger partial charge in [-0.3, -0.25) is 4.79 Å². The summed E-state index contributed by atoms with van der Waals surface area (Å²) in [4.78, 5) is 29.8. The van der Waals surface area contributed by atoms with Crippen LogP contribution in [0.5, 0.6) is 0 Å². The zero-order chi connectivity index (χ0) is 21.6. The Morgan fingerprint density at radius 3 is 2.84 bits per heavy atom. The van der Waals surface area contributed by atoms with Crippen molar-refractivity contribution in [2.24, 2.45) is 0 Å². The highest BCUT2D eigenvalue weighted by atomic mass is 19.1. The molecular formula is C23H20FN3O4. The molecule has 0 spiro atoms. The predicted octanol–water partition coefficient (Wildman–Crippen LogP) is 2.17. The number of ether oxygens (including phenoxy) is 1. The normalized spacial score (nSPS) is 21.0. The minimum absolute atomic E-state index is 0.0618. The number of esters is 1. The fourth-order valence-electron chi connectivity index (χ4n) is 5.39. The fourth-order valence-corrected chi connectivity index (χ4v) is 5.39. The molecule has 2 N–H and O–H groups in total. The summed E-state index contributed by atoms with van der Waals surface area (Å²) in [7, 11) is 1.90. The average Bonchev–Trinajstić information content (AvgIpc) is 3.13. The van der Waals surface area contributed by atoms with Gasteiger partial charge in [-0.2, -0.15) is 0 Å². The zero-order valence-corrected chi connectivity index (χ0v) is 17.1. The quantitative estimate of drug-likeness (QED) is 0.458. The Balaban J connectivity index is 1.70. The Labute approximate surface area is 176 Å². The molecule has 6 rings (SSSR count). The molecule has 1 aromatic carbocycles. The molecule has 2 aliphatic heterocycles. The molecule has 31 heavy (non-hydrogen) atoms. The topological polar surface area (TPSA) is 93.5 Å². The van der Waals surface area contributed by atoms with Gasteiger partial charge in [0.15, 0.2) is 6.10 Å². The second-order valence-electron chi connectivity index (χ2n) is 8.45. The van der Waals surface area contributed by atoms with Gasteiger partial charge in [-0.15, -0.1) is 0 Å². The summed E-state index contributed by atoms with van der Waals surface area (Å²) < 4.78 is 21.2. The van der Waals surface area contributed by atoms with E-state index in [1.165, 1.54) is 6.07 Å². The minimum atomic E-state index is -1.50. The molecule has 1 aliphatic carbocycles. The average molecular weight is 421 g/mol. The molecule has 0 radical (unpaired) electrons. The first-order chi connectivity index (χ1) is 14.9. The second-order valence-corrected chi connectivity index (χ2v) is 8.45. The molecule has 7 nitrogen and oxygen atoms in total. The lowest BCUT2D eigenvalue weighted by molar-refractivity contribution is -0.157. The first kappa shape index (κ1) is 18.7. The van der Waals surface area contributed by atoms with Gasteiger partial charge in [-0.1, -0.05) is 0 Å². The van der Waals surface area contributed by atoms with Gasteiger partial charge in [-0.05, 0) is 49.6 Å². The molecule has 2 atom stereocenters. The van der Waals surface area contributed by atoms with Crippen LogP contribution in [0.25, 0.3) is 22.3 Å². The number of aliphatic hydroxyl groups is 1. The van der Waals surface area contributed by atoms with E-state index in [9.17, 15) is 19.1 Å². The number of fused-ring (bicyclic) bond motifs is 5. The number of cyclic esters (lactones) is 1. The van der Waals surface area contributed by atoms with Crippen molar-refractivity contribution < 1.29 is 19.0 Å². The number of hydrogen-bond acceptors (Lipinski definition) is 6. The third kappa shape index (κ3) is 2.31. The Bertz CT molecular complexity index is 1390. The van der Waals surface area contributed by atoms with Gasteiger partial charge >= 0.3 is 5.97 Å². The molecule has 0 amide bonds. The van der Waals surface area contributed by atoms with E-state index in [0.29, 0.717) is 29.0 Å². The van der Waals surface area contributed by atoms with Crippen LogP contribution < -0.4 is 10.9 Å². The summed E-state index contributed by atoms with van der Waals surface area (Å²) in [5, 5.41) is 14.6. The van der Waals surface area contributed by atoms with Gasteiger partial charge in [-0.25, -0.2) is 14.2 Å². The van der Waals surface area contributed by atoms with E-state index in [1.807, 2.05) is 7.05 Å². The standard InChI is InChI=1S/C23H20FN3O4/c1-9-10-3-4-15(25-2)19-12-7-27-17(20(12)26-16(18(10)19)6-14(9)24)5-11-13(22(27)29)8-31-23(30)21(11)28/h5-6,15,21,25,28H,3-4,7-8H2,1-2H3/t15-,21-/m0/s1. The first-order valence-electron chi connectivity index (χ1n) is 10.3. The summed E-state index contributed by atoms with van der Waals surface area (Å²) >= 11 is 0. The van der Waals surface area contributed by atoms with Gasteiger partial charge in [0.1, 0.15) is 12.4 Å². The van der Waals surface area contributed by atoms with Crippen LogP contribution >= 0.6 is 0 Å². The maximum Gasteiger partial charge on any atom is 0.340 e. The first-order valence-corrected chi connectivity index (χ1v) is 10.3. The maximum absolute atomic E-state index is 14.7. The number of carbonyl (C=O) groups excluding carboxylic acids is 1. The van der Waals surface area contributed by atoms with Crippen LogP contribution in [-0.4, -0.2) is 27.7 Å². The van der Waals surface area contributed by atoms with E-state index in [4.69, 9.17) is 9.72 Å². The Morgan fingerprint density at radius 2 is 2.06 bits per heavy atom. The van der Waals surface area contributed by atoms with E-state index in [2.05, 4.69) is 5.32 Å². The zero-order valence-electron chi connectivity index (χ0n) is 17.1. The summed E-state index contributed by atoms with van der Waals surface area (Å²) in [5.41, 5.74) is 5.56. The van der Waals surface area contributed by atoms with Crippen LogP contribution in [0.1, 0.15) is 51.9 Å². The molecular weight excluding hydrogens is 401 g/mol. The van der Waals surface area contributed by atoms with E-state index >= 15 is 0 Å². The lowest BCUT2D eigenvalue weighted by Crippen LogP contribution is -2.32. The number of hydrogen-bond donors (Lipinski definition) is 2. The van der Waals surface area contributed by atoms with Gasteiger partial charge in [0.05, 0.1) is 29.0 Å². The predicted molar refractivity (Wildman–Crippen MR) is 110 cm³/mol. The lowest BCUT2D eigenvalue weighted by atomic mass is 9.82. The third-order valence-corrected chi connectivity index (χ3v) is 7.00. The summed E-state index contributed by atoms with van der Waals surface area (Å²) in [5.74, 6) is -1.06. The Kier molecular flexibility index (Phi) is 3.74. The molecule has 0 unspecified atom stereocenters. The van der Waals surface area contributed by atoms with Crippen molar-refractivity contribution in [3.8, 4) is 11.4 Å². The van der Waals surface area contributed by atoms with E-state index in [1.54, 1.807) is 17.6 Å². The van der Waals surface area contributed by atoms with Crippen molar-refractivity contribution in [2.45, 2.75) is 45.1 Å². The summed E-state index contributed by atoms with van der Waals surface area (Å²) in [6, 6.07) is 3.18. The highest BCUT2D eigenvalue weighted by Gasteiger charge is 2.36. The number of aliphatic hydroxyl groups excluding tert-OH is 1. The van der Waals surface area contributed by atoms with Gasteiger partial charge < -0.3 is 19.7 Å². The molecule has 2 aromatic heterocycles. The number of rotatable bonds is 1. The molecule has 0 bridgehead atoms. The number of nitrogens with one attached hydrogen (secondary N) is 1. The van der Waals surface area contributed by atoms with Crippen molar-refractivity contribution in [2.75, 3.05) is 7.05 Å². The minimum Gasteiger partial charge on any atom is -0.458 e. The smallest absolute Gasteiger partial charge is 0.340 e. The van der Waals surface area contributed by atoms with Crippen molar-refractivity contribution >= 4 is 16.9 Å². The van der Waals surface area contributed by atoms with Crippen LogP contribution in [0.2, 0.25) is 0 Å². The highest BCUT2D eigenvalue weighted by molar-refractivity contribution is 5.93. The Morgan fingerprint density at radius 1 is 1.26 bits per heavy atom. The van der Waals surface area contributed by atoms with E-state index < -0.39 is 12.1 Å². The van der Waals surface area contributed by atoms with Crippen molar-refractivity contribution in [3.63, 3.8) is 0 Å². The fraction of sp³-hybridized carbons (Fsp3) is 0.348. The summed E-state index contributed by atoms with van der Waals surface area (Å²) in [6.45, 7) is 1.98. The number of carbonyl (C=O) groups is 1. The van der Waals surface area contributed by atoms with Crippen molar-refractivity contribution in [3.05, 3.63) is 61.7 Å². The number of nitrogens with zero attached hydrogens (tertiary/aromatic N) is 2. The number of aromatic nitrogens is 2. The monoisotopic (exact) mass is 421 g/mol. The largest absolute Gasteiger partial charge is 0.458 e. The van der Waals surface area contributed by atoms with Crippen LogP contribution in [0.15, 0.2) is 16.9 Å². The SMILES string of the molecule is CN[C@H]1CCc2c(C)c(F)cc3nc4c(c1c23)Cn1c-4cc2c(c1=O)COC(=O)[C@H]2O. The summed E-state index contributed by atoms with van der Waals surface area (Å²) in [6.07, 6.45) is 0.0792. The molecule has 3 aromatic rings. The molecule has 158 valence electrons. The number of pyridine rings is 2. The van der Waals surface area contributed by atoms with E-state index in [-0.39, 0.29) is 35.2 Å². The Hall–Kier alpha value is -3.10. The highest BCUT2D eigenvalue weighted by Crippen LogP contribution is 2.45. The molecule has 0 saturated carbocycles. The molecule has 3 aliphatic rings. The maximum atomic E-state index is 14.7. The molecule has 0 fully saturated rings. The van der Waals surface area contributed by atoms with Gasteiger partial charge in [0.2, 0.25) is 0 Å². The van der Waals surface area contributed by atoms with Crippen molar-refractivity contribution in [1.29, 1.82) is 0 Å². The van der Waals surface area contributed by atoms with Crippen molar-refractivity contribution in [1.82, 2.24) is 14.9 Å². The lowest BCUT2D eigenvalue weighted by Gasteiger charge is -2.28. The van der Waals surface area contributed by atoms with Crippen LogP contribution in [0.3, 0.4) is 0 Å².